The fourth-order valence-corrected chi connectivity index (χ4v) is 2.64. The minimum absolute atomic E-state index is 0.0383. The molecule has 2 aromatic rings. The molecule has 126 valence electrons. The summed E-state index contributed by atoms with van der Waals surface area (Å²) >= 11 is 0. The van der Waals surface area contributed by atoms with Crippen LogP contribution in [0.4, 0.5) is 11.4 Å². The summed E-state index contributed by atoms with van der Waals surface area (Å²) in [6.45, 7) is 3.96. The van der Waals surface area contributed by atoms with Gasteiger partial charge in [0.15, 0.2) is 0 Å². The molecular weight excluding hydrogens is 304 g/mol. The van der Waals surface area contributed by atoms with Crippen molar-refractivity contribution in [3.8, 4) is 0 Å². The second-order valence-electron chi connectivity index (χ2n) is 5.60. The number of hydrogen-bond acceptors (Lipinski definition) is 5. The number of carbonyl (C=O) groups excluding carboxylic acids is 1. The molecule has 0 saturated carbocycles. The summed E-state index contributed by atoms with van der Waals surface area (Å²) < 4.78 is 5.40. The number of ether oxygens (including phenoxy) is 1. The van der Waals surface area contributed by atoms with Gasteiger partial charge < -0.3 is 20.3 Å². The lowest BCUT2D eigenvalue weighted by molar-refractivity contribution is -0.119. The molecule has 1 aromatic carbocycles. The third kappa shape index (κ3) is 4.45. The van der Waals surface area contributed by atoms with Crippen LogP contribution in [-0.4, -0.2) is 43.7 Å². The van der Waals surface area contributed by atoms with Crippen molar-refractivity contribution in [1.82, 2.24) is 10.3 Å². The standard InChI is InChI=1S/C18H22N4O2/c23-18(21-13-15-5-7-19-8-6-15)14-20-16-3-1-2-4-17(16)22-9-11-24-12-10-22/h1-8,20H,9-14H2,(H,21,23). The maximum Gasteiger partial charge on any atom is 0.239 e. The number of nitrogens with one attached hydrogen (secondary N) is 2. The Hall–Kier alpha value is -2.60. The van der Waals surface area contributed by atoms with Crippen LogP contribution >= 0.6 is 0 Å². The van der Waals surface area contributed by atoms with E-state index in [0.717, 1.165) is 43.2 Å². The highest BCUT2D eigenvalue weighted by Crippen LogP contribution is 2.25. The van der Waals surface area contributed by atoms with E-state index in [1.807, 2.05) is 30.3 Å². The van der Waals surface area contributed by atoms with E-state index in [-0.39, 0.29) is 12.5 Å². The van der Waals surface area contributed by atoms with Crippen molar-refractivity contribution in [2.45, 2.75) is 6.54 Å². The summed E-state index contributed by atoms with van der Waals surface area (Å²) in [5, 5.41) is 6.15. The van der Waals surface area contributed by atoms with E-state index < -0.39 is 0 Å². The van der Waals surface area contributed by atoms with E-state index in [4.69, 9.17) is 4.74 Å². The first-order valence-corrected chi connectivity index (χ1v) is 8.14. The van der Waals surface area contributed by atoms with Gasteiger partial charge in [-0.2, -0.15) is 0 Å². The number of hydrogen-bond donors (Lipinski definition) is 2. The first-order chi connectivity index (χ1) is 11.8. The van der Waals surface area contributed by atoms with Gasteiger partial charge in [-0.1, -0.05) is 12.1 Å². The van der Waals surface area contributed by atoms with Gasteiger partial charge in [0.25, 0.3) is 0 Å². The van der Waals surface area contributed by atoms with Crippen molar-refractivity contribution >= 4 is 17.3 Å². The monoisotopic (exact) mass is 326 g/mol. The number of nitrogens with zero attached hydrogens (tertiary/aromatic N) is 2. The Morgan fingerprint density at radius 2 is 1.88 bits per heavy atom. The van der Waals surface area contributed by atoms with Crippen LogP contribution in [0.3, 0.4) is 0 Å². The third-order valence-corrected chi connectivity index (χ3v) is 3.93. The van der Waals surface area contributed by atoms with E-state index in [9.17, 15) is 4.79 Å². The molecule has 0 radical (unpaired) electrons. The highest BCUT2D eigenvalue weighted by Gasteiger charge is 2.14. The Labute approximate surface area is 141 Å². The lowest BCUT2D eigenvalue weighted by Crippen LogP contribution is -2.37. The number of pyridine rings is 1. The van der Waals surface area contributed by atoms with Crippen LogP contribution in [0.15, 0.2) is 48.8 Å². The molecule has 1 aromatic heterocycles. The van der Waals surface area contributed by atoms with Gasteiger partial charge in [0.1, 0.15) is 0 Å². The van der Waals surface area contributed by atoms with Gasteiger partial charge in [0, 0.05) is 32.0 Å². The zero-order valence-electron chi connectivity index (χ0n) is 13.6. The van der Waals surface area contributed by atoms with Crippen molar-refractivity contribution in [2.75, 3.05) is 43.1 Å². The van der Waals surface area contributed by atoms with Crippen LogP contribution in [-0.2, 0) is 16.1 Å². The van der Waals surface area contributed by atoms with Gasteiger partial charge in [-0.15, -0.1) is 0 Å². The molecule has 24 heavy (non-hydrogen) atoms. The molecule has 0 bridgehead atoms. The number of rotatable bonds is 6. The lowest BCUT2D eigenvalue weighted by Gasteiger charge is -2.30. The van der Waals surface area contributed by atoms with Gasteiger partial charge in [0.05, 0.1) is 31.1 Å². The highest BCUT2D eigenvalue weighted by molar-refractivity contribution is 5.82. The smallest absolute Gasteiger partial charge is 0.239 e. The van der Waals surface area contributed by atoms with Crippen molar-refractivity contribution in [3.05, 3.63) is 54.4 Å². The number of anilines is 2. The molecule has 2 heterocycles. The summed E-state index contributed by atoms with van der Waals surface area (Å²) in [6, 6.07) is 11.8. The molecule has 1 aliphatic heterocycles. The SMILES string of the molecule is O=C(CNc1ccccc1N1CCOCC1)NCc1ccncc1. The fourth-order valence-electron chi connectivity index (χ4n) is 2.64. The number of carbonyl (C=O) groups is 1. The predicted molar refractivity (Wildman–Crippen MR) is 94.0 cm³/mol. The van der Waals surface area contributed by atoms with Crippen molar-refractivity contribution in [2.24, 2.45) is 0 Å². The molecule has 3 rings (SSSR count). The molecule has 1 amide bonds. The van der Waals surface area contributed by atoms with Crippen LogP contribution < -0.4 is 15.5 Å². The number of aromatic nitrogens is 1. The average molecular weight is 326 g/mol. The number of benzene rings is 1. The van der Waals surface area contributed by atoms with Crippen LogP contribution in [0.25, 0.3) is 0 Å². The predicted octanol–water partition coefficient (Wildman–Crippen LogP) is 1.65. The molecular formula is C18H22N4O2. The van der Waals surface area contributed by atoms with E-state index in [2.05, 4.69) is 26.6 Å². The molecule has 2 N–H and O–H groups in total. The molecule has 0 unspecified atom stereocenters. The van der Waals surface area contributed by atoms with Crippen molar-refractivity contribution in [3.63, 3.8) is 0 Å². The van der Waals surface area contributed by atoms with Gasteiger partial charge in [-0.05, 0) is 29.8 Å². The van der Waals surface area contributed by atoms with E-state index in [1.54, 1.807) is 12.4 Å². The Balaban J connectivity index is 1.53. The maximum atomic E-state index is 12.1. The number of para-hydroxylation sites is 2. The van der Waals surface area contributed by atoms with Gasteiger partial charge in [-0.3, -0.25) is 9.78 Å². The largest absolute Gasteiger partial charge is 0.378 e. The second kappa shape index (κ2) is 8.31. The van der Waals surface area contributed by atoms with Gasteiger partial charge in [0.2, 0.25) is 5.91 Å². The average Bonchev–Trinajstić information content (AvgIpc) is 2.66. The highest BCUT2D eigenvalue weighted by atomic mass is 16.5. The molecule has 1 fully saturated rings. The Kier molecular flexibility index (Phi) is 5.63. The molecule has 0 spiro atoms. The lowest BCUT2D eigenvalue weighted by atomic mass is 10.2. The summed E-state index contributed by atoms with van der Waals surface area (Å²) in [4.78, 5) is 18.3. The summed E-state index contributed by atoms with van der Waals surface area (Å²) in [7, 11) is 0. The molecule has 1 saturated heterocycles. The summed E-state index contributed by atoms with van der Waals surface area (Å²) in [6.07, 6.45) is 3.44. The number of amides is 1. The zero-order chi connectivity index (χ0) is 16.6. The van der Waals surface area contributed by atoms with E-state index >= 15 is 0 Å². The molecule has 6 heteroatoms. The van der Waals surface area contributed by atoms with E-state index in [0.29, 0.717) is 6.54 Å². The van der Waals surface area contributed by atoms with Crippen LogP contribution in [0, 0.1) is 0 Å². The second-order valence-corrected chi connectivity index (χ2v) is 5.60. The maximum absolute atomic E-state index is 12.1. The molecule has 1 aliphatic rings. The summed E-state index contributed by atoms with van der Waals surface area (Å²) in [5.41, 5.74) is 3.12. The third-order valence-electron chi connectivity index (χ3n) is 3.93. The quantitative estimate of drug-likeness (QED) is 0.845. The minimum atomic E-state index is -0.0383. The number of morpholine rings is 1. The van der Waals surface area contributed by atoms with Crippen molar-refractivity contribution in [1.29, 1.82) is 0 Å². The molecule has 0 aliphatic carbocycles. The first-order valence-electron chi connectivity index (χ1n) is 8.14. The zero-order valence-corrected chi connectivity index (χ0v) is 13.6. The minimum Gasteiger partial charge on any atom is -0.378 e. The Morgan fingerprint density at radius 1 is 1.12 bits per heavy atom. The Morgan fingerprint density at radius 3 is 2.67 bits per heavy atom. The normalized spacial score (nSPS) is 14.2. The first kappa shape index (κ1) is 16.3. The van der Waals surface area contributed by atoms with Gasteiger partial charge in [-0.25, -0.2) is 0 Å². The Bertz CT molecular complexity index is 657. The molecule has 6 nitrogen and oxygen atoms in total. The topological polar surface area (TPSA) is 66.5 Å². The van der Waals surface area contributed by atoms with Crippen molar-refractivity contribution < 1.29 is 9.53 Å². The summed E-state index contributed by atoms with van der Waals surface area (Å²) in [5.74, 6) is -0.0383. The van der Waals surface area contributed by atoms with E-state index in [1.165, 1.54) is 0 Å². The fraction of sp³-hybridized carbons (Fsp3) is 0.333. The van der Waals surface area contributed by atoms with Gasteiger partial charge >= 0.3 is 0 Å². The van der Waals surface area contributed by atoms with Crippen LogP contribution in [0.2, 0.25) is 0 Å². The molecule has 0 atom stereocenters. The van der Waals surface area contributed by atoms with Crippen LogP contribution in [0.1, 0.15) is 5.56 Å². The van der Waals surface area contributed by atoms with Crippen LogP contribution in [0.5, 0.6) is 0 Å².